The average molecular weight is 504 g/mol. The molecule has 1 fully saturated rings. The predicted molar refractivity (Wildman–Crippen MR) is 132 cm³/mol. The zero-order valence-electron chi connectivity index (χ0n) is 19.5. The van der Waals surface area contributed by atoms with Crippen LogP contribution in [0.15, 0.2) is 54.6 Å². The molecule has 1 aliphatic heterocycles. The van der Waals surface area contributed by atoms with Crippen LogP contribution < -0.4 is 14.2 Å². The lowest BCUT2D eigenvalue weighted by Gasteiger charge is -2.16. The minimum atomic E-state index is -3.70. The number of ketones is 1. The van der Waals surface area contributed by atoms with Crippen molar-refractivity contribution >= 4 is 5.78 Å². The molecule has 1 aromatic heterocycles. The number of halogens is 2. The molecule has 2 heterocycles. The second kappa shape index (κ2) is 9.15. The highest BCUT2D eigenvalue weighted by Gasteiger charge is 2.52. The molecule has 0 bridgehead atoms. The summed E-state index contributed by atoms with van der Waals surface area (Å²) in [5.41, 5.74) is 3.04. The van der Waals surface area contributed by atoms with Gasteiger partial charge in [-0.3, -0.25) is 9.78 Å². The van der Waals surface area contributed by atoms with Gasteiger partial charge in [0.15, 0.2) is 11.5 Å². The van der Waals surface area contributed by atoms with E-state index in [-0.39, 0.29) is 41.2 Å². The molecule has 0 radical (unpaired) electrons. The third kappa shape index (κ3) is 4.76. The molecule has 1 unspecified atom stereocenters. The zero-order valence-corrected chi connectivity index (χ0v) is 19.5. The number of Topliss-reactive ketones (excluding diaryl/α,β-unsaturated/α-hetero) is 1. The molecular formula is C27H31F2NO6. The maximum atomic E-state index is 13.4. The summed E-state index contributed by atoms with van der Waals surface area (Å²) in [5, 5.41) is 18.3. The van der Waals surface area contributed by atoms with Gasteiger partial charge in [-0.15, -0.1) is 8.78 Å². The molecule has 1 aliphatic carbocycles. The van der Waals surface area contributed by atoms with Gasteiger partial charge >= 0.3 is 6.29 Å². The van der Waals surface area contributed by atoms with Crippen LogP contribution in [0.3, 0.4) is 0 Å². The lowest BCUT2D eigenvalue weighted by atomic mass is 9.88. The lowest BCUT2D eigenvalue weighted by molar-refractivity contribution is -0.286. The number of aliphatic hydroxyl groups is 2. The summed E-state index contributed by atoms with van der Waals surface area (Å²) in [4.78, 5) is 18.1. The highest BCUT2D eigenvalue weighted by atomic mass is 19.3. The van der Waals surface area contributed by atoms with Crippen molar-refractivity contribution in [3.8, 4) is 28.5 Å². The molecule has 194 valence electrons. The molecule has 2 N–H and O–H groups in total. The van der Waals surface area contributed by atoms with Crippen LogP contribution in [0.4, 0.5) is 8.78 Å². The van der Waals surface area contributed by atoms with Gasteiger partial charge in [-0.2, -0.15) is 0 Å². The highest BCUT2D eigenvalue weighted by Crippen LogP contribution is 2.52. The van der Waals surface area contributed by atoms with Gasteiger partial charge in [0.1, 0.15) is 24.2 Å². The number of nitrogens with zero attached hydrogens (tertiary/aromatic N) is 1. The van der Waals surface area contributed by atoms with E-state index < -0.39 is 17.8 Å². The summed E-state index contributed by atoms with van der Waals surface area (Å²) < 4.78 is 41.3. The lowest BCUT2D eigenvalue weighted by Crippen LogP contribution is -2.26. The number of rotatable bonds is 9. The van der Waals surface area contributed by atoms with Crippen LogP contribution in [0, 0.1) is 6.92 Å². The van der Waals surface area contributed by atoms with Gasteiger partial charge in [0.05, 0.1) is 17.7 Å². The number of aryl methyl sites for hydroxylation is 1. The van der Waals surface area contributed by atoms with Crippen molar-refractivity contribution in [2.24, 2.45) is 0 Å². The van der Waals surface area contributed by atoms with E-state index in [1.54, 1.807) is 18.2 Å². The maximum Gasteiger partial charge on any atom is 0.586 e. The molecule has 5 rings (SSSR count). The number of carbonyl (C=O) groups excluding carboxylic acids is 1. The first-order valence-corrected chi connectivity index (χ1v) is 11.6. The van der Waals surface area contributed by atoms with Gasteiger partial charge in [-0.1, -0.05) is 12.1 Å². The molecule has 7 nitrogen and oxygen atoms in total. The van der Waals surface area contributed by atoms with Crippen LogP contribution in [0.5, 0.6) is 17.2 Å². The minimum Gasteiger partial charge on any atom is -0.491 e. The summed E-state index contributed by atoms with van der Waals surface area (Å²) in [6.45, 7) is 1.54. The number of benzene rings is 2. The molecule has 0 amide bonds. The molecule has 36 heavy (non-hydrogen) atoms. The van der Waals surface area contributed by atoms with E-state index in [1.807, 2.05) is 31.2 Å². The van der Waals surface area contributed by atoms with Crippen molar-refractivity contribution in [2.75, 3.05) is 13.2 Å². The van der Waals surface area contributed by atoms with Crippen molar-refractivity contribution in [1.29, 1.82) is 0 Å². The summed E-state index contributed by atoms with van der Waals surface area (Å²) >= 11 is 0. The smallest absolute Gasteiger partial charge is 0.491 e. The molecule has 1 saturated carbocycles. The number of ether oxygens (including phenoxy) is 3. The summed E-state index contributed by atoms with van der Waals surface area (Å²) in [6.07, 6.45) is -3.27. The largest absolute Gasteiger partial charge is 0.586 e. The fourth-order valence-corrected chi connectivity index (χ4v) is 4.35. The summed E-state index contributed by atoms with van der Waals surface area (Å²) in [6, 6.07) is 15.4. The Morgan fingerprint density at radius 2 is 1.83 bits per heavy atom. The number of fused-ring (bicyclic) bond motifs is 1. The Kier molecular flexibility index (Phi) is 6.13. The van der Waals surface area contributed by atoms with Crippen LogP contribution in [0.25, 0.3) is 11.3 Å². The monoisotopic (exact) mass is 503 g/mol. The number of carbonyl (C=O) groups is 1. The summed E-state index contributed by atoms with van der Waals surface area (Å²) in [7, 11) is 0. The highest BCUT2D eigenvalue weighted by molar-refractivity contribution is 5.94. The van der Waals surface area contributed by atoms with Crippen molar-refractivity contribution < 1.29 is 42.3 Å². The quantitative estimate of drug-likeness (QED) is 0.437. The van der Waals surface area contributed by atoms with Crippen molar-refractivity contribution in [3.05, 3.63) is 71.4 Å². The first kappa shape index (κ1) is 24.1. The van der Waals surface area contributed by atoms with Crippen LogP contribution in [0.1, 0.15) is 33.9 Å². The van der Waals surface area contributed by atoms with Gasteiger partial charge in [0.2, 0.25) is 0 Å². The average Bonchev–Trinajstić information content (AvgIpc) is 3.61. The Labute approximate surface area is 210 Å². The van der Waals surface area contributed by atoms with Crippen LogP contribution in [-0.4, -0.2) is 46.6 Å². The van der Waals surface area contributed by atoms with Crippen molar-refractivity contribution in [3.63, 3.8) is 0 Å². The van der Waals surface area contributed by atoms with Gasteiger partial charge in [0, 0.05) is 22.0 Å². The van der Waals surface area contributed by atoms with Gasteiger partial charge in [-0.05, 0) is 73.4 Å². The third-order valence-corrected chi connectivity index (χ3v) is 6.51. The first-order chi connectivity index (χ1) is 17.2. The zero-order chi connectivity index (χ0) is 25.5. The maximum absolute atomic E-state index is 13.4. The molecule has 9 heteroatoms. The first-order valence-electron chi connectivity index (χ1n) is 11.6. The number of hydrogen-bond acceptors (Lipinski definition) is 7. The predicted octanol–water partition coefficient (Wildman–Crippen LogP) is 4.69. The van der Waals surface area contributed by atoms with Crippen LogP contribution in [0.2, 0.25) is 0 Å². The number of hydrogen-bond donors (Lipinski definition) is 2. The summed E-state index contributed by atoms with van der Waals surface area (Å²) in [5.74, 6) is 0.414. The second-order valence-corrected chi connectivity index (χ2v) is 9.15. The fraction of sp³-hybridized carbons (Fsp3) is 0.333. The third-order valence-electron chi connectivity index (χ3n) is 6.51. The van der Waals surface area contributed by atoms with Crippen molar-refractivity contribution in [1.82, 2.24) is 4.98 Å². The topological polar surface area (TPSA) is 98.1 Å². The Morgan fingerprint density at radius 3 is 2.53 bits per heavy atom. The molecule has 0 spiro atoms. The normalized spacial score (nSPS) is 17.5. The van der Waals surface area contributed by atoms with Gasteiger partial charge in [0.25, 0.3) is 0 Å². The Balaban J connectivity index is 0.00000178. The Hall–Kier alpha value is -3.56. The van der Waals surface area contributed by atoms with E-state index >= 15 is 0 Å². The van der Waals surface area contributed by atoms with E-state index in [1.165, 1.54) is 12.1 Å². The van der Waals surface area contributed by atoms with Crippen molar-refractivity contribution in [2.45, 2.75) is 44.0 Å². The fourth-order valence-electron chi connectivity index (χ4n) is 4.35. The van der Waals surface area contributed by atoms with E-state index in [4.69, 9.17) is 14.8 Å². The molecule has 2 aliphatic rings. The molecule has 0 saturated heterocycles. The molecular weight excluding hydrogens is 472 g/mol. The van der Waals surface area contributed by atoms with Gasteiger partial charge in [-0.25, -0.2) is 0 Å². The molecule has 2 aromatic carbocycles. The van der Waals surface area contributed by atoms with E-state index in [0.29, 0.717) is 29.8 Å². The van der Waals surface area contributed by atoms with Crippen LogP contribution >= 0.6 is 0 Å². The van der Waals surface area contributed by atoms with E-state index in [0.717, 1.165) is 16.8 Å². The standard InChI is InChI=1S/C27H25F2NO6.3H2/c1-16-2-6-19(30-25(16)17-3-7-21(8-4-17)34-15-20(32)14-31)13-24(33)26(10-11-26)18-5-9-22-23(12-18)36-27(28,29)35-22;;;/h2-9,12,20,31-32H,10-11,13-15H2,1H3;3*1H. The van der Waals surface area contributed by atoms with E-state index in [9.17, 15) is 18.7 Å². The number of aromatic nitrogens is 1. The molecule has 3 aromatic rings. The number of aliphatic hydroxyl groups excluding tert-OH is 2. The van der Waals surface area contributed by atoms with E-state index in [2.05, 4.69) is 9.47 Å². The molecule has 1 atom stereocenters. The Morgan fingerprint density at radius 1 is 1.11 bits per heavy atom. The second-order valence-electron chi connectivity index (χ2n) is 9.15. The SMILES string of the molecule is Cc1ccc(CC(=O)C2(c3ccc4c(c3)OC(F)(F)O4)CC2)nc1-c1ccc(OCC(O)CO)cc1.[HH].[HH].[HH]. The Bertz CT molecular complexity index is 1310. The minimum absolute atomic E-state index is 0. The van der Waals surface area contributed by atoms with Crippen LogP contribution in [-0.2, 0) is 16.6 Å². The van der Waals surface area contributed by atoms with Gasteiger partial charge < -0.3 is 24.4 Å². The number of alkyl halides is 2. The number of pyridine rings is 1.